The van der Waals surface area contributed by atoms with Crippen LogP contribution in [0.4, 0.5) is 0 Å². The fourth-order valence-corrected chi connectivity index (χ4v) is 0. The molecule has 22 heteroatoms. The summed E-state index contributed by atoms with van der Waals surface area (Å²) in [6.45, 7) is 0. The van der Waals surface area contributed by atoms with Crippen LogP contribution in [-0.2, 0) is 18.3 Å². The van der Waals surface area contributed by atoms with Crippen LogP contribution >= 0.6 is 31.3 Å². The zero-order valence-electron chi connectivity index (χ0n) is 11.3. The van der Waals surface area contributed by atoms with Gasteiger partial charge in [0.2, 0.25) is 0 Å². The zero-order valence-corrected chi connectivity index (χ0v) is 17.1. The third-order valence-electron chi connectivity index (χ3n) is 0. The first-order chi connectivity index (χ1) is 8.00. The smallest absolute Gasteiger partial charge is 1.00 e. The first kappa shape index (κ1) is 39.5. The van der Waals surface area contributed by atoms with Gasteiger partial charge >= 0.3 is 50.2 Å². The first-order valence-electron chi connectivity index (χ1n) is 3.13. The average molecular weight is 544 g/mol. The summed E-state index contributed by atoms with van der Waals surface area (Å²) in [6.07, 6.45) is 0. The van der Waals surface area contributed by atoms with Crippen LogP contribution in [0, 0.1) is 40.8 Å². The minimum absolute atomic E-state index is 0. The largest absolute Gasteiger partial charge is 1.00 e. The Morgan fingerprint density at radius 3 is 0.409 bits per heavy atom. The van der Waals surface area contributed by atoms with Gasteiger partial charge in [-0.3, -0.25) is 0 Å². The van der Waals surface area contributed by atoms with Crippen LogP contribution in [0.15, 0.2) is 0 Å². The van der Waals surface area contributed by atoms with Gasteiger partial charge < -0.3 is 60.1 Å². The molecule has 12 N–H and O–H groups in total. The minimum Gasteiger partial charge on any atom is -1.00 e. The molecule has 16 nitrogen and oxygen atoms in total. The summed E-state index contributed by atoms with van der Waals surface area (Å²) in [5, 5.41) is 0. The Morgan fingerprint density at radius 1 is 0.409 bits per heavy atom. The van der Waals surface area contributed by atoms with E-state index in [0.717, 1.165) is 0 Å². The average Bonchev–Trinajstić information content (AvgIpc) is 1.62. The molecular formula is H13LiNdO16P4. The van der Waals surface area contributed by atoms with Crippen LogP contribution in [0.3, 0.4) is 0 Å². The Hall–Kier alpha value is 2.39. The van der Waals surface area contributed by atoms with Crippen LogP contribution in [0.5, 0.6) is 0 Å². The molecule has 0 fully saturated rings. The van der Waals surface area contributed by atoms with E-state index in [1.807, 2.05) is 0 Å². The summed E-state index contributed by atoms with van der Waals surface area (Å²) in [5.74, 6) is 0. The van der Waals surface area contributed by atoms with E-state index < -0.39 is 31.3 Å². The van der Waals surface area contributed by atoms with Crippen molar-refractivity contribution in [1.29, 1.82) is 0 Å². The first-order valence-corrected chi connectivity index (χ1v) is 9.39. The number of hydrogen-bond donors (Lipinski definition) is 12. The van der Waals surface area contributed by atoms with E-state index in [9.17, 15) is 0 Å². The Morgan fingerprint density at radius 2 is 0.409 bits per heavy atom. The standard InChI is InChI=1S/Li.Nd.4H3O4P.H/c;;4*1-5(2,3)4;/h;;4*(H3,1,2,3,4);/q+1;;;;;;-1. The molecule has 0 aromatic carbocycles. The molecular weight excluding hydrogens is 531 g/mol. The summed E-state index contributed by atoms with van der Waals surface area (Å²) in [5.41, 5.74) is 0. The second-order valence-electron chi connectivity index (χ2n) is 2.05. The second-order valence-corrected chi connectivity index (χ2v) is 6.16. The van der Waals surface area contributed by atoms with Crippen LogP contribution in [0.25, 0.3) is 0 Å². The monoisotopic (exact) mass is 542 g/mol. The van der Waals surface area contributed by atoms with E-state index in [-0.39, 0.29) is 61.1 Å². The predicted octanol–water partition coefficient (Wildman–Crippen LogP) is -6.60. The van der Waals surface area contributed by atoms with Crippen molar-refractivity contribution in [1.82, 2.24) is 0 Å². The molecule has 0 amide bonds. The molecule has 0 aliphatic heterocycles. The van der Waals surface area contributed by atoms with Gasteiger partial charge in [-0.2, -0.15) is 0 Å². The van der Waals surface area contributed by atoms with E-state index in [2.05, 4.69) is 0 Å². The maximum absolute atomic E-state index is 8.88. The van der Waals surface area contributed by atoms with Gasteiger partial charge in [-0.05, 0) is 0 Å². The van der Waals surface area contributed by atoms with E-state index in [1.54, 1.807) is 0 Å². The van der Waals surface area contributed by atoms with Crippen molar-refractivity contribution in [3.8, 4) is 0 Å². The molecule has 0 aromatic rings. The van der Waals surface area contributed by atoms with Gasteiger partial charge in [0.25, 0.3) is 0 Å². The van der Waals surface area contributed by atoms with E-state index in [0.29, 0.717) is 0 Å². The van der Waals surface area contributed by atoms with Gasteiger partial charge in [-0.1, -0.05) is 0 Å². The molecule has 0 aliphatic rings. The maximum atomic E-state index is 8.88. The van der Waals surface area contributed by atoms with Crippen molar-refractivity contribution in [2.75, 3.05) is 0 Å². The Kier molecular flexibility index (Phi) is 30.2. The summed E-state index contributed by atoms with van der Waals surface area (Å²) >= 11 is 0. The van der Waals surface area contributed by atoms with Crippen molar-refractivity contribution in [2.45, 2.75) is 0 Å². The van der Waals surface area contributed by atoms with Gasteiger partial charge in [0.15, 0.2) is 0 Å². The number of phosphoric acid groups is 4. The normalized spacial score (nSPS) is 10.7. The molecule has 0 aliphatic carbocycles. The molecule has 0 spiro atoms. The molecule has 0 heterocycles. The molecule has 0 saturated carbocycles. The van der Waals surface area contributed by atoms with Gasteiger partial charge in [0.05, 0.1) is 0 Å². The Labute approximate surface area is 168 Å². The fourth-order valence-electron chi connectivity index (χ4n) is 0. The van der Waals surface area contributed by atoms with Crippen molar-refractivity contribution in [2.24, 2.45) is 0 Å². The predicted molar refractivity (Wildman–Crippen MR) is 58.2 cm³/mol. The van der Waals surface area contributed by atoms with Gasteiger partial charge in [0, 0.05) is 40.8 Å². The van der Waals surface area contributed by atoms with Gasteiger partial charge in [0.1, 0.15) is 0 Å². The summed E-state index contributed by atoms with van der Waals surface area (Å²) < 4.78 is 35.5. The third kappa shape index (κ3) is 1800. The SMILES string of the molecule is O=P(O)(O)O.O=P(O)(O)O.O=P(O)(O)O.O=P(O)(O)O.[H-].[Li+].[Nd]. The third-order valence-corrected chi connectivity index (χ3v) is 0. The molecule has 0 unspecified atom stereocenters. The maximum Gasteiger partial charge on any atom is 1.00 e. The van der Waals surface area contributed by atoms with Crippen molar-refractivity contribution in [3.05, 3.63) is 0 Å². The molecule has 0 bridgehead atoms. The second kappa shape index (κ2) is 16.8. The zero-order chi connectivity index (χ0) is 18.0. The number of hydrogen-bond acceptors (Lipinski definition) is 4. The topological polar surface area (TPSA) is 311 Å². The van der Waals surface area contributed by atoms with Crippen LogP contribution in [0.2, 0.25) is 0 Å². The van der Waals surface area contributed by atoms with Crippen LogP contribution in [0.1, 0.15) is 1.43 Å². The Bertz CT molecular complexity index is 297. The molecule has 134 valence electrons. The van der Waals surface area contributed by atoms with Crippen LogP contribution < -0.4 is 18.9 Å². The van der Waals surface area contributed by atoms with E-state index in [1.165, 1.54) is 0 Å². The van der Waals surface area contributed by atoms with E-state index >= 15 is 0 Å². The van der Waals surface area contributed by atoms with E-state index in [4.69, 9.17) is 77.0 Å². The summed E-state index contributed by atoms with van der Waals surface area (Å²) in [6, 6.07) is 0. The van der Waals surface area contributed by atoms with Crippen LogP contribution in [-0.4, -0.2) is 58.7 Å². The molecule has 0 atom stereocenters. The number of rotatable bonds is 0. The molecule has 0 aromatic heterocycles. The quantitative estimate of drug-likeness (QED) is 0.0996. The van der Waals surface area contributed by atoms with Crippen molar-refractivity contribution < 1.29 is 138 Å². The van der Waals surface area contributed by atoms with Crippen molar-refractivity contribution >= 4 is 31.3 Å². The Balaban J connectivity index is -0.0000000284. The minimum atomic E-state index is -4.64. The van der Waals surface area contributed by atoms with Gasteiger partial charge in [-0.15, -0.1) is 0 Å². The summed E-state index contributed by atoms with van der Waals surface area (Å²) in [4.78, 5) is 86.2. The molecule has 22 heavy (non-hydrogen) atoms. The van der Waals surface area contributed by atoms with Gasteiger partial charge in [-0.25, -0.2) is 18.3 Å². The molecule has 0 rings (SSSR count). The van der Waals surface area contributed by atoms with Crippen molar-refractivity contribution in [3.63, 3.8) is 0 Å². The molecule has 0 saturated heterocycles. The molecule has 0 radical (unpaired) electrons. The summed E-state index contributed by atoms with van der Waals surface area (Å²) in [7, 11) is -18.6. The fraction of sp³-hybridized carbons (Fsp3) is 0.